The molecule has 218 valence electrons. The molecule has 6 heterocycles. The molecule has 7 aromatic rings. The Morgan fingerprint density at radius 2 is 0.800 bits per heavy atom. The lowest BCUT2D eigenvalue weighted by Crippen LogP contribution is -1.89. The normalized spacial score (nSPS) is 11.9. The van der Waals surface area contributed by atoms with Crippen LogP contribution in [0.15, 0.2) is 97.3 Å². The first-order valence-corrected chi connectivity index (χ1v) is 15.6. The molecule has 1 aliphatic heterocycles. The van der Waals surface area contributed by atoms with E-state index in [1.54, 1.807) is 12.4 Å². The fraction of sp³-hybridized carbons (Fsp3) is 0. The summed E-state index contributed by atoms with van der Waals surface area (Å²) in [5.41, 5.74) is 11.5. The van der Waals surface area contributed by atoms with Crippen LogP contribution < -0.4 is 0 Å². The molecule has 0 fully saturated rings. The first-order chi connectivity index (χ1) is 22.0. The maximum Gasteiger partial charge on any atom is 0.0738 e. The van der Waals surface area contributed by atoms with Gasteiger partial charge in [0.15, 0.2) is 0 Å². The molecule has 0 saturated heterocycles. The van der Waals surface area contributed by atoms with Crippen molar-refractivity contribution in [1.82, 2.24) is 24.9 Å². The van der Waals surface area contributed by atoms with Gasteiger partial charge in [-0.05, 0) is 90.5 Å². The number of halogens is 4. The Morgan fingerprint density at radius 1 is 0.400 bits per heavy atom. The van der Waals surface area contributed by atoms with Gasteiger partial charge in [-0.1, -0.05) is 58.5 Å². The molecule has 8 bridgehead atoms. The topological polar surface area (TPSA) is 73.2 Å². The summed E-state index contributed by atoms with van der Waals surface area (Å²) in [4.78, 5) is 20.3. The molecule has 9 heteroatoms. The van der Waals surface area contributed by atoms with Crippen LogP contribution >= 0.6 is 46.4 Å². The van der Waals surface area contributed by atoms with E-state index in [-0.39, 0.29) is 0 Å². The lowest BCUT2D eigenvalue weighted by atomic mass is 10.0. The van der Waals surface area contributed by atoms with Crippen LogP contribution in [-0.4, -0.2) is 24.9 Å². The SMILES string of the molecule is Clc1cccc(Cl)c1-c1c2nc(c(-c3ccncc3)c3ccc([nH]3)c(-c3c(Cl)cccc3Cl)c3ccc([nH]3)c3ccc1[nH]3)C=C2. The zero-order valence-corrected chi connectivity index (χ0v) is 26.3. The van der Waals surface area contributed by atoms with Gasteiger partial charge in [0.05, 0.1) is 42.5 Å². The number of aromatic amines is 3. The Hall–Kier alpha value is -4.52. The van der Waals surface area contributed by atoms with E-state index in [1.165, 1.54) is 0 Å². The number of nitrogens with one attached hydrogen (secondary N) is 3. The number of H-pyrrole nitrogens is 3. The van der Waals surface area contributed by atoms with E-state index in [1.807, 2.05) is 97.1 Å². The van der Waals surface area contributed by atoms with Gasteiger partial charge in [0.1, 0.15) is 0 Å². The van der Waals surface area contributed by atoms with Crippen molar-refractivity contribution in [2.75, 3.05) is 0 Å². The Kier molecular flexibility index (Phi) is 6.92. The number of hydrogen-bond acceptors (Lipinski definition) is 2. The van der Waals surface area contributed by atoms with Gasteiger partial charge in [0, 0.05) is 62.3 Å². The summed E-state index contributed by atoms with van der Waals surface area (Å²) in [5, 5.41) is 2.14. The van der Waals surface area contributed by atoms with Crippen molar-refractivity contribution in [1.29, 1.82) is 0 Å². The fourth-order valence-corrected chi connectivity index (χ4v) is 7.14. The molecule has 0 radical (unpaired) electrons. The van der Waals surface area contributed by atoms with Crippen LogP contribution in [0.1, 0.15) is 11.4 Å². The van der Waals surface area contributed by atoms with Crippen LogP contribution in [-0.2, 0) is 0 Å². The zero-order valence-electron chi connectivity index (χ0n) is 23.3. The van der Waals surface area contributed by atoms with E-state index >= 15 is 0 Å². The third kappa shape index (κ3) is 4.80. The van der Waals surface area contributed by atoms with E-state index in [2.05, 4.69) is 19.9 Å². The first-order valence-electron chi connectivity index (χ1n) is 14.1. The second-order valence-corrected chi connectivity index (χ2v) is 12.3. The molecule has 8 rings (SSSR count). The predicted octanol–water partition coefficient (Wildman–Crippen LogP) is 11.7. The smallest absolute Gasteiger partial charge is 0.0738 e. The van der Waals surface area contributed by atoms with E-state index in [0.29, 0.717) is 25.7 Å². The summed E-state index contributed by atoms with van der Waals surface area (Å²) in [7, 11) is 0. The average molecular weight is 665 g/mol. The molecule has 2 aromatic carbocycles. The minimum atomic E-state index is 0.529. The first kappa shape index (κ1) is 28.0. The molecule has 0 amide bonds. The monoisotopic (exact) mass is 663 g/mol. The van der Waals surface area contributed by atoms with Gasteiger partial charge in [-0.2, -0.15) is 0 Å². The number of pyridine rings is 1. The van der Waals surface area contributed by atoms with Gasteiger partial charge in [-0.15, -0.1) is 0 Å². The number of aromatic nitrogens is 5. The molecule has 0 saturated carbocycles. The quantitative estimate of drug-likeness (QED) is 0.176. The zero-order chi connectivity index (χ0) is 30.7. The lowest BCUT2D eigenvalue weighted by Gasteiger charge is -2.09. The van der Waals surface area contributed by atoms with Crippen molar-refractivity contribution in [2.45, 2.75) is 0 Å². The van der Waals surface area contributed by atoms with Crippen LogP contribution in [0.2, 0.25) is 20.1 Å². The van der Waals surface area contributed by atoms with Gasteiger partial charge in [-0.3, -0.25) is 4.98 Å². The highest BCUT2D eigenvalue weighted by Crippen LogP contribution is 2.42. The molecular weight excluding hydrogens is 644 g/mol. The molecule has 0 aliphatic carbocycles. The summed E-state index contributed by atoms with van der Waals surface area (Å²) in [6, 6.07) is 27.2. The minimum Gasteiger partial charge on any atom is -0.354 e. The number of fused-ring (bicyclic) bond motifs is 9. The standard InChI is InChI=1S/C36H21Cl4N5/c37-20-3-1-4-21(38)33(20)35-28-9-7-24(42-28)25-8-10-29(43-25)36(34-22(39)5-2-6-23(34)40)31-14-12-27(45-31)32(19-15-17-41-18-16-19)26-11-13-30(35)44-26/h1-18,42-44H. The van der Waals surface area contributed by atoms with Crippen LogP contribution in [0.4, 0.5) is 0 Å². The van der Waals surface area contributed by atoms with E-state index in [4.69, 9.17) is 51.4 Å². The van der Waals surface area contributed by atoms with Gasteiger partial charge in [0.2, 0.25) is 0 Å². The summed E-state index contributed by atoms with van der Waals surface area (Å²) < 4.78 is 0. The third-order valence-electron chi connectivity index (χ3n) is 7.97. The summed E-state index contributed by atoms with van der Waals surface area (Å²) >= 11 is 27.3. The highest BCUT2D eigenvalue weighted by molar-refractivity contribution is 6.40. The molecule has 1 aliphatic rings. The maximum atomic E-state index is 6.82. The second-order valence-electron chi connectivity index (χ2n) is 10.6. The third-order valence-corrected chi connectivity index (χ3v) is 9.23. The van der Waals surface area contributed by atoms with Crippen molar-refractivity contribution in [3.05, 3.63) is 129 Å². The number of hydrogen-bond donors (Lipinski definition) is 3. The minimum absolute atomic E-state index is 0.529. The molecule has 3 N–H and O–H groups in total. The van der Waals surface area contributed by atoms with E-state index in [9.17, 15) is 0 Å². The van der Waals surface area contributed by atoms with Crippen molar-refractivity contribution in [3.8, 4) is 33.4 Å². The highest BCUT2D eigenvalue weighted by atomic mass is 35.5. The van der Waals surface area contributed by atoms with E-state index < -0.39 is 0 Å². The summed E-state index contributed by atoms with van der Waals surface area (Å²) in [5.74, 6) is 0. The van der Waals surface area contributed by atoms with Crippen molar-refractivity contribution in [2.24, 2.45) is 0 Å². The van der Waals surface area contributed by atoms with Crippen LogP contribution in [0.25, 0.3) is 78.6 Å². The van der Waals surface area contributed by atoms with Gasteiger partial charge >= 0.3 is 0 Å². The lowest BCUT2D eigenvalue weighted by molar-refractivity contribution is 1.30. The molecule has 0 unspecified atom stereocenters. The predicted molar refractivity (Wildman–Crippen MR) is 189 cm³/mol. The maximum absolute atomic E-state index is 6.82. The number of nitrogens with zero attached hydrogens (tertiary/aromatic N) is 2. The highest BCUT2D eigenvalue weighted by Gasteiger charge is 2.20. The van der Waals surface area contributed by atoms with Gasteiger partial charge in [-0.25, -0.2) is 4.98 Å². The Bertz CT molecular complexity index is 2400. The Labute approximate surface area is 277 Å². The van der Waals surface area contributed by atoms with Crippen LogP contribution in [0.3, 0.4) is 0 Å². The van der Waals surface area contributed by atoms with E-state index in [0.717, 1.165) is 72.3 Å². The average Bonchev–Trinajstić information content (AvgIpc) is 3.86. The summed E-state index contributed by atoms with van der Waals surface area (Å²) in [6.45, 7) is 0. The molecule has 5 aromatic heterocycles. The van der Waals surface area contributed by atoms with Crippen LogP contribution in [0, 0.1) is 0 Å². The molecule has 0 atom stereocenters. The van der Waals surface area contributed by atoms with Crippen molar-refractivity contribution in [3.63, 3.8) is 0 Å². The number of benzene rings is 2. The molecule has 0 spiro atoms. The van der Waals surface area contributed by atoms with Crippen LogP contribution in [0.5, 0.6) is 0 Å². The Balaban J connectivity index is 1.60. The number of rotatable bonds is 3. The van der Waals surface area contributed by atoms with Crippen molar-refractivity contribution < 1.29 is 0 Å². The molecule has 5 nitrogen and oxygen atoms in total. The van der Waals surface area contributed by atoms with Gasteiger partial charge < -0.3 is 15.0 Å². The molecule has 45 heavy (non-hydrogen) atoms. The fourth-order valence-electron chi connectivity index (χ4n) is 5.97. The largest absolute Gasteiger partial charge is 0.354 e. The van der Waals surface area contributed by atoms with Crippen molar-refractivity contribution >= 4 is 91.7 Å². The summed E-state index contributed by atoms with van der Waals surface area (Å²) in [6.07, 6.45) is 7.55. The van der Waals surface area contributed by atoms with Gasteiger partial charge in [0.25, 0.3) is 0 Å². The second kappa shape index (κ2) is 11.1. The molecular formula is C36H21Cl4N5. The Morgan fingerprint density at radius 3 is 1.33 bits per heavy atom.